The molecule has 3 atom stereocenters. The summed E-state index contributed by atoms with van der Waals surface area (Å²) in [4.78, 5) is 0. The number of hydrogen-bond acceptors (Lipinski definition) is 3. The molecule has 0 bridgehead atoms. The van der Waals surface area contributed by atoms with Crippen LogP contribution in [-0.4, -0.2) is 24.4 Å². The average molecular weight is 235 g/mol. The molecule has 17 heavy (non-hydrogen) atoms. The zero-order chi connectivity index (χ0) is 12.3. The highest BCUT2D eigenvalue weighted by molar-refractivity contribution is 5.28. The van der Waals surface area contributed by atoms with Crippen molar-refractivity contribution >= 4 is 0 Å². The molecule has 0 aromatic heterocycles. The molecule has 0 saturated heterocycles. The van der Waals surface area contributed by atoms with Crippen LogP contribution in [0.5, 0.6) is 5.75 Å². The van der Waals surface area contributed by atoms with E-state index in [1.165, 1.54) is 5.56 Å². The predicted octanol–water partition coefficient (Wildman–Crippen LogP) is 2.26. The van der Waals surface area contributed by atoms with Crippen molar-refractivity contribution in [1.29, 1.82) is 0 Å². The summed E-state index contributed by atoms with van der Waals surface area (Å²) in [5.74, 6) is 0.877. The summed E-state index contributed by atoms with van der Waals surface area (Å²) >= 11 is 0. The van der Waals surface area contributed by atoms with Gasteiger partial charge in [0, 0.05) is 12.1 Å². The zero-order valence-corrected chi connectivity index (χ0v) is 10.5. The van der Waals surface area contributed by atoms with Gasteiger partial charge in [0.05, 0.1) is 13.2 Å². The van der Waals surface area contributed by atoms with Gasteiger partial charge in [-0.2, -0.15) is 0 Å². The second-order valence-electron chi connectivity index (χ2n) is 4.77. The van der Waals surface area contributed by atoms with E-state index in [9.17, 15) is 5.11 Å². The van der Waals surface area contributed by atoms with E-state index < -0.39 is 0 Å². The van der Waals surface area contributed by atoms with E-state index in [0.717, 1.165) is 25.0 Å². The van der Waals surface area contributed by atoms with Crippen molar-refractivity contribution in [2.24, 2.45) is 0 Å². The summed E-state index contributed by atoms with van der Waals surface area (Å²) in [7, 11) is 1.67. The second kappa shape index (κ2) is 5.52. The highest BCUT2D eigenvalue weighted by Crippen LogP contribution is 2.23. The monoisotopic (exact) mass is 235 g/mol. The van der Waals surface area contributed by atoms with E-state index in [1.54, 1.807) is 7.11 Å². The molecule has 0 radical (unpaired) electrons. The molecule has 1 aromatic rings. The van der Waals surface area contributed by atoms with E-state index in [-0.39, 0.29) is 18.2 Å². The Morgan fingerprint density at radius 3 is 2.53 bits per heavy atom. The fourth-order valence-electron chi connectivity index (χ4n) is 2.44. The van der Waals surface area contributed by atoms with Gasteiger partial charge >= 0.3 is 0 Å². The van der Waals surface area contributed by atoms with Gasteiger partial charge in [0.15, 0.2) is 0 Å². The maximum absolute atomic E-state index is 9.78. The van der Waals surface area contributed by atoms with Crippen molar-refractivity contribution < 1.29 is 9.84 Å². The molecule has 1 unspecified atom stereocenters. The van der Waals surface area contributed by atoms with Gasteiger partial charge < -0.3 is 15.2 Å². The number of aliphatic hydroxyl groups is 1. The molecular weight excluding hydrogens is 214 g/mol. The largest absolute Gasteiger partial charge is 0.497 e. The molecule has 2 rings (SSSR count). The Labute approximate surface area is 103 Å². The molecule has 1 saturated carbocycles. The summed E-state index contributed by atoms with van der Waals surface area (Å²) in [6.45, 7) is 2.13. The standard InChI is InChI=1S/C14H21NO2/c1-10(15-13-4-3-5-14(13)16)11-6-8-12(17-2)9-7-11/h6-10,13-16H,3-5H2,1-2H3/t10?,13-,14-/m1/s1. The molecular formula is C14H21NO2. The molecule has 0 spiro atoms. The minimum atomic E-state index is -0.185. The molecule has 0 amide bonds. The van der Waals surface area contributed by atoms with Crippen molar-refractivity contribution in [3.05, 3.63) is 29.8 Å². The van der Waals surface area contributed by atoms with Crippen LogP contribution in [0.3, 0.4) is 0 Å². The van der Waals surface area contributed by atoms with Gasteiger partial charge in [-0.15, -0.1) is 0 Å². The SMILES string of the molecule is COc1ccc(C(C)N[C@@H]2CCC[C@H]2O)cc1. The Bertz CT molecular complexity index is 350. The van der Waals surface area contributed by atoms with Crippen molar-refractivity contribution in [2.45, 2.75) is 44.4 Å². The van der Waals surface area contributed by atoms with Crippen LogP contribution in [0.2, 0.25) is 0 Å². The Balaban J connectivity index is 1.96. The lowest BCUT2D eigenvalue weighted by atomic mass is 10.1. The Kier molecular flexibility index (Phi) is 4.02. The number of aliphatic hydroxyl groups excluding tert-OH is 1. The number of ether oxygens (including phenoxy) is 1. The van der Waals surface area contributed by atoms with Crippen LogP contribution < -0.4 is 10.1 Å². The number of hydrogen-bond donors (Lipinski definition) is 2. The molecule has 3 nitrogen and oxygen atoms in total. The zero-order valence-electron chi connectivity index (χ0n) is 10.5. The fourth-order valence-corrected chi connectivity index (χ4v) is 2.44. The van der Waals surface area contributed by atoms with Crippen molar-refractivity contribution in [1.82, 2.24) is 5.32 Å². The maximum atomic E-state index is 9.78. The van der Waals surface area contributed by atoms with Crippen LogP contribution in [-0.2, 0) is 0 Å². The lowest BCUT2D eigenvalue weighted by Crippen LogP contribution is -2.37. The van der Waals surface area contributed by atoms with Crippen molar-refractivity contribution in [3.63, 3.8) is 0 Å². The van der Waals surface area contributed by atoms with E-state index in [4.69, 9.17) is 4.74 Å². The normalized spacial score (nSPS) is 25.8. The first-order chi connectivity index (χ1) is 8.20. The highest BCUT2D eigenvalue weighted by atomic mass is 16.5. The lowest BCUT2D eigenvalue weighted by molar-refractivity contribution is 0.144. The first kappa shape index (κ1) is 12.4. The summed E-state index contributed by atoms with van der Waals surface area (Å²) in [5, 5.41) is 13.3. The predicted molar refractivity (Wildman–Crippen MR) is 68.2 cm³/mol. The van der Waals surface area contributed by atoms with E-state index in [0.29, 0.717) is 0 Å². The van der Waals surface area contributed by atoms with E-state index in [2.05, 4.69) is 24.4 Å². The van der Waals surface area contributed by atoms with Gasteiger partial charge in [-0.3, -0.25) is 0 Å². The minimum Gasteiger partial charge on any atom is -0.497 e. The summed E-state index contributed by atoms with van der Waals surface area (Å²) < 4.78 is 5.14. The molecule has 1 aliphatic rings. The van der Waals surface area contributed by atoms with E-state index in [1.807, 2.05) is 12.1 Å². The lowest BCUT2D eigenvalue weighted by Gasteiger charge is -2.22. The first-order valence-electron chi connectivity index (χ1n) is 6.29. The van der Waals surface area contributed by atoms with Crippen LogP contribution in [0.15, 0.2) is 24.3 Å². The Morgan fingerprint density at radius 1 is 1.29 bits per heavy atom. The van der Waals surface area contributed by atoms with Gasteiger partial charge in [-0.05, 0) is 43.9 Å². The summed E-state index contributed by atoms with van der Waals surface area (Å²) in [6.07, 6.45) is 2.93. The molecule has 1 aliphatic carbocycles. The van der Waals surface area contributed by atoms with Crippen LogP contribution >= 0.6 is 0 Å². The first-order valence-corrected chi connectivity index (χ1v) is 6.29. The van der Waals surface area contributed by atoms with Crippen LogP contribution in [0.4, 0.5) is 0 Å². The van der Waals surface area contributed by atoms with Crippen molar-refractivity contribution in [2.75, 3.05) is 7.11 Å². The number of benzene rings is 1. The Morgan fingerprint density at radius 2 is 2.00 bits per heavy atom. The van der Waals surface area contributed by atoms with Crippen LogP contribution in [0.25, 0.3) is 0 Å². The third-order valence-corrected chi connectivity index (χ3v) is 3.56. The van der Waals surface area contributed by atoms with Crippen LogP contribution in [0, 0.1) is 0 Å². The van der Waals surface area contributed by atoms with E-state index >= 15 is 0 Å². The smallest absolute Gasteiger partial charge is 0.118 e. The van der Waals surface area contributed by atoms with Gasteiger partial charge in [0.25, 0.3) is 0 Å². The number of nitrogens with one attached hydrogen (secondary N) is 1. The van der Waals surface area contributed by atoms with Crippen LogP contribution in [0.1, 0.15) is 37.8 Å². The van der Waals surface area contributed by atoms with Gasteiger partial charge in [-0.1, -0.05) is 12.1 Å². The second-order valence-corrected chi connectivity index (χ2v) is 4.77. The number of rotatable bonds is 4. The molecule has 3 heteroatoms. The third kappa shape index (κ3) is 2.99. The molecule has 1 aromatic carbocycles. The van der Waals surface area contributed by atoms with Crippen molar-refractivity contribution in [3.8, 4) is 5.75 Å². The molecule has 0 aliphatic heterocycles. The Hall–Kier alpha value is -1.06. The summed E-state index contributed by atoms with van der Waals surface area (Å²) in [5.41, 5.74) is 1.23. The third-order valence-electron chi connectivity index (χ3n) is 3.56. The quantitative estimate of drug-likeness (QED) is 0.841. The topological polar surface area (TPSA) is 41.5 Å². The highest BCUT2D eigenvalue weighted by Gasteiger charge is 2.26. The average Bonchev–Trinajstić information content (AvgIpc) is 2.75. The van der Waals surface area contributed by atoms with Gasteiger partial charge in [0.1, 0.15) is 5.75 Å². The molecule has 0 heterocycles. The van der Waals surface area contributed by atoms with Gasteiger partial charge in [0.2, 0.25) is 0 Å². The minimum absolute atomic E-state index is 0.185. The number of methoxy groups -OCH3 is 1. The molecule has 2 N–H and O–H groups in total. The summed E-state index contributed by atoms with van der Waals surface area (Å²) in [6, 6.07) is 8.58. The molecule has 94 valence electrons. The molecule has 1 fully saturated rings. The van der Waals surface area contributed by atoms with Gasteiger partial charge in [-0.25, -0.2) is 0 Å². The maximum Gasteiger partial charge on any atom is 0.118 e. The fraction of sp³-hybridized carbons (Fsp3) is 0.571.